The lowest BCUT2D eigenvalue weighted by molar-refractivity contribution is 0.0928. The van der Waals surface area contributed by atoms with Crippen LogP contribution in [0.5, 0.6) is 0 Å². The number of nitrogens with zero attached hydrogens (tertiary/aromatic N) is 3. The lowest BCUT2D eigenvalue weighted by Crippen LogP contribution is -2.43. The zero-order chi connectivity index (χ0) is 22.4. The molecular weight excluding hydrogens is 424 g/mol. The molecule has 3 heterocycles. The van der Waals surface area contributed by atoms with E-state index in [0.29, 0.717) is 34.9 Å². The molecule has 0 bridgehead atoms. The van der Waals surface area contributed by atoms with Crippen LogP contribution in [0.1, 0.15) is 68.9 Å². The van der Waals surface area contributed by atoms with Crippen molar-refractivity contribution in [2.24, 2.45) is 0 Å². The molecule has 1 amide bonds. The van der Waals surface area contributed by atoms with Gasteiger partial charge in [0.05, 0.1) is 10.5 Å². The minimum atomic E-state index is -0.158. The van der Waals surface area contributed by atoms with Crippen LogP contribution in [0, 0.1) is 0 Å². The van der Waals surface area contributed by atoms with Gasteiger partial charge in [0.15, 0.2) is 0 Å². The zero-order valence-electron chi connectivity index (χ0n) is 18.8. The van der Waals surface area contributed by atoms with Gasteiger partial charge >= 0.3 is 0 Å². The summed E-state index contributed by atoms with van der Waals surface area (Å²) in [6.45, 7) is 6.09. The third-order valence-corrected chi connectivity index (χ3v) is 7.67. The molecule has 170 valence electrons. The first-order valence-corrected chi connectivity index (χ1v) is 12.2. The normalized spacial score (nSPS) is 20.2. The highest BCUT2D eigenvalue weighted by atomic mass is 35.5. The Morgan fingerprint density at radius 2 is 1.91 bits per heavy atom. The van der Waals surface area contributed by atoms with Gasteiger partial charge in [0.2, 0.25) is 0 Å². The van der Waals surface area contributed by atoms with Crippen molar-refractivity contribution in [3.8, 4) is 0 Å². The van der Waals surface area contributed by atoms with E-state index >= 15 is 0 Å². The van der Waals surface area contributed by atoms with Gasteiger partial charge in [-0.15, -0.1) is 0 Å². The van der Waals surface area contributed by atoms with Crippen LogP contribution < -0.4 is 10.9 Å². The van der Waals surface area contributed by atoms with E-state index in [0.717, 1.165) is 56.0 Å². The number of halogens is 1. The van der Waals surface area contributed by atoms with Gasteiger partial charge in [0.25, 0.3) is 11.5 Å². The van der Waals surface area contributed by atoms with Crippen molar-refractivity contribution in [2.75, 3.05) is 13.1 Å². The number of rotatable bonds is 5. The third-order valence-electron chi connectivity index (χ3n) is 7.29. The van der Waals surface area contributed by atoms with Gasteiger partial charge in [0, 0.05) is 36.3 Å². The van der Waals surface area contributed by atoms with Gasteiger partial charge in [-0.25, -0.2) is 0 Å². The molecule has 7 heteroatoms. The average Bonchev–Trinajstić information content (AvgIpc) is 3.53. The van der Waals surface area contributed by atoms with E-state index < -0.39 is 0 Å². The number of hydrogen-bond donors (Lipinski definition) is 1. The molecule has 1 aliphatic carbocycles. The maximum absolute atomic E-state index is 13.5. The molecule has 1 aromatic carbocycles. The summed E-state index contributed by atoms with van der Waals surface area (Å²) in [5, 5.41) is 4.39. The van der Waals surface area contributed by atoms with Crippen molar-refractivity contribution in [2.45, 2.75) is 70.5 Å². The number of aromatic nitrogens is 2. The number of likely N-dealkylation sites (tertiary alicyclic amines) is 1. The van der Waals surface area contributed by atoms with Crippen LogP contribution in [-0.4, -0.2) is 44.9 Å². The minimum absolute atomic E-state index is 0.114. The van der Waals surface area contributed by atoms with Crippen molar-refractivity contribution in [3.63, 3.8) is 0 Å². The van der Waals surface area contributed by atoms with Gasteiger partial charge < -0.3 is 9.88 Å². The molecule has 0 spiro atoms. The molecule has 1 atom stereocenters. The maximum Gasteiger partial charge on any atom is 0.276 e. The molecule has 1 N–H and O–H groups in total. The predicted molar refractivity (Wildman–Crippen MR) is 129 cm³/mol. The maximum atomic E-state index is 13.5. The van der Waals surface area contributed by atoms with Gasteiger partial charge in [-0.3, -0.25) is 18.9 Å². The average molecular weight is 455 g/mol. The molecule has 1 saturated heterocycles. The van der Waals surface area contributed by atoms with E-state index in [9.17, 15) is 9.59 Å². The van der Waals surface area contributed by atoms with Crippen molar-refractivity contribution in [1.82, 2.24) is 19.2 Å². The summed E-state index contributed by atoms with van der Waals surface area (Å²) in [6.07, 6.45) is 8.14. The van der Waals surface area contributed by atoms with E-state index in [4.69, 9.17) is 11.6 Å². The smallest absolute Gasteiger partial charge is 0.276 e. The summed E-state index contributed by atoms with van der Waals surface area (Å²) in [5.74, 6) is -0.158. The zero-order valence-corrected chi connectivity index (χ0v) is 19.6. The second-order valence-electron chi connectivity index (χ2n) is 9.52. The molecule has 5 rings (SSSR count). The van der Waals surface area contributed by atoms with E-state index in [1.165, 1.54) is 0 Å². The Bertz CT molecular complexity index is 1220. The Labute approximate surface area is 193 Å². The monoisotopic (exact) mass is 454 g/mol. The first-order valence-electron chi connectivity index (χ1n) is 11.8. The molecule has 32 heavy (non-hydrogen) atoms. The molecule has 1 saturated carbocycles. The third kappa shape index (κ3) is 3.54. The highest BCUT2D eigenvalue weighted by Gasteiger charge is 2.29. The Morgan fingerprint density at radius 3 is 2.66 bits per heavy atom. The summed E-state index contributed by atoms with van der Waals surface area (Å²) < 4.78 is 3.52. The molecule has 2 aliphatic rings. The molecule has 0 radical (unpaired) electrons. The van der Waals surface area contributed by atoms with Crippen molar-refractivity contribution in [1.29, 1.82) is 0 Å². The van der Waals surface area contributed by atoms with Crippen LogP contribution in [0.4, 0.5) is 0 Å². The number of hydrogen-bond acceptors (Lipinski definition) is 3. The second-order valence-corrected chi connectivity index (χ2v) is 9.90. The van der Waals surface area contributed by atoms with Crippen LogP contribution in [0.3, 0.4) is 0 Å². The Morgan fingerprint density at radius 1 is 1.16 bits per heavy atom. The minimum Gasteiger partial charge on any atom is -0.349 e. The number of carbonyl (C=O) groups excluding carboxylic acids is 1. The van der Waals surface area contributed by atoms with Gasteiger partial charge in [-0.1, -0.05) is 42.6 Å². The SMILES string of the molecule is CC(C)N1CCC[C@H]1CNC(=O)c1cn(C2CCCC2)c(=O)c2c(Cl)c3ccccc3n12. The highest BCUT2D eigenvalue weighted by Crippen LogP contribution is 2.33. The highest BCUT2D eigenvalue weighted by molar-refractivity contribution is 6.39. The summed E-state index contributed by atoms with van der Waals surface area (Å²) >= 11 is 6.71. The fourth-order valence-corrected chi connectivity index (χ4v) is 6.01. The standard InChI is InChI=1S/C25H31ClN4O2/c1-16(2)28-13-7-10-18(28)14-27-24(31)21-15-29(17-8-3-4-9-17)25(32)23-22(26)19-11-5-6-12-20(19)30(21)23/h5-6,11-12,15-18H,3-4,7-10,13-14H2,1-2H3,(H,27,31)/t18-/m0/s1. The number of para-hydroxylation sites is 1. The van der Waals surface area contributed by atoms with E-state index in [2.05, 4.69) is 24.1 Å². The Hall–Kier alpha value is -2.31. The Kier molecular flexibility index (Phi) is 5.76. The fraction of sp³-hybridized carbons (Fsp3) is 0.520. The number of nitrogens with one attached hydrogen (secondary N) is 1. The predicted octanol–water partition coefficient (Wildman–Crippen LogP) is 4.63. The van der Waals surface area contributed by atoms with Gasteiger partial charge in [-0.05, 0) is 52.1 Å². The quantitative estimate of drug-likeness (QED) is 0.611. The molecule has 2 fully saturated rings. The summed E-state index contributed by atoms with van der Waals surface area (Å²) in [4.78, 5) is 29.5. The topological polar surface area (TPSA) is 58.8 Å². The molecule has 0 unspecified atom stereocenters. The number of amides is 1. The lowest BCUT2D eigenvalue weighted by atomic mass is 10.2. The number of benzene rings is 1. The van der Waals surface area contributed by atoms with Crippen LogP contribution in [0.15, 0.2) is 35.3 Å². The number of fused-ring (bicyclic) bond motifs is 3. The molecule has 3 aromatic rings. The molecular formula is C25H31ClN4O2. The molecule has 6 nitrogen and oxygen atoms in total. The summed E-state index contributed by atoms with van der Waals surface area (Å²) in [5.41, 5.74) is 1.55. The molecule has 1 aliphatic heterocycles. The Balaban J connectivity index is 1.59. The largest absolute Gasteiger partial charge is 0.349 e. The fourth-order valence-electron chi connectivity index (χ4n) is 5.68. The summed E-state index contributed by atoms with van der Waals surface area (Å²) in [7, 11) is 0. The van der Waals surface area contributed by atoms with E-state index in [1.54, 1.807) is 15.2 Å². The van der Waals surface area contributed by atoms with Crippen molar-refractivity contribution >= 4 is 33.9 Å². The van der Waals surface area contributed by atoms with Gasteiger partial charge in [-0.2, -0.15) is 0 Å². The van der Waals surface area contributed by atoms with Crippen LogP contribution in [0.25, 0.3) is 16.4 Å². The van der Waals surface area contributed by atoms with Crippen LogP contribution in [0.2, 0.25) is 5.02 Å². The van der Waals surface area contributed by atoms with Crippen LogP contribution >= 0.6 is 11.6 Å². The van der Waals surface area contributed by atoms with Gasteiger partial charge in [0.1, 0.15) is 11.2 Å². The second kappa shape index (κ2) is 8.56. The van der Waals surface area contributed by atoms with Crippen LogP contribution in [-0.2, 0) is 0 Å². The van der Waals surface area contributed by atoms with E-state index in [-0.39, 0.29) is 17.5 Å². The first kappa shape index (κ1) is 21.5. The molecule has 2 aromatic heterocycles. The number of carbonyl (C=O) groups is 1. The lowest BCUT2D eigenvalue weighted by Gasteiger charge is -2.28. The van der Waals surface area contributed by atoms with E-state index in [1.807, 2.05) is 24.3 Å². The van der Waals surface area contributed by atoms with Crippen molar-refractivity contribution in [3.05, 3.63) is 51.5 Å². The first-order chi connectivity index (χ1) is 15.5. The van der Waals surface area contributed by atoms with Crippen molar-refractivity contribution < 1.29 is 4.79 Å². The summed E-state index contributed by atoms with van der Waals surface area (Å²) in [6, 6.07) is 8.58.